The Bertz CT molecular complexity index is 1260. The Morgan fingerprint density at radius 2 is 2.10 bits per heavy atom. The van der Waals surface area contributed by atoms with Crippen molar-refractivity contribution in [2.75, 3.05) is 19.1 Å². The van der Waals surface area contributed by atoms with Crippen molar-refractivity contribution >= 4 is 28.1 Å². The number of aromatic nitrogens is 2. The van der Waals surface area contributed by atoms with Crippen molar-refractivity contribution in [3.63, 3.8) is 0 Å². The van der Waals surface area contributed by atoms with Crippen LogP contribution in [0.25, 0.3) is 11.3 Å². The van der Waals surface area contributed by atoms with Crippen LogP contribution in [0.2, 0.25) is 0 Å². The van der Waals surface area contributed by atoms with E-state index in [-0.39, 0.29) is 23.8 Å². The number of hydrogen-bond donors (Lipinski definition) is 2. The summed E-state index contributed by atoms with van der Waals surface area (Å²) in [5.41, 5.74) is 3.64. The van der Waals surface area contributed by atoms with Gasteiger partial charge in [0, 0.05) is 15.6 Å². The van der Waals surface area contributed by atoms with Gasteiger partial charge in [0.1, 0.15) is 18.2 Å². The van der Waals surface area contributed by atoms with Gasteiger partial charge in [0.05, 0.1) is 19.0 Å². The van der Waals surface area contributed by atoms with Gasteiger partial charge in [-0.15, -0.1) is 6.42 Å². The summed E-state index contributed by atoms with van der Waals surface area (Å²) in [6.07, 6.45) is 6.74. The first-order valence-corrected chi connectivity index (χ1v) is 9.69. The summed E-state index contributed by atoms with van der Waals surface area (Å²) in [5.74, 6) is 3.46. The number of halogens is 1. The zero-order valence-corrected chi connectivity index (χ0v) is 17.9. The molecule has 1 heterocycles. The number of anilines is 1. The molecule has 0 spiro atoms. The Kier molecular flexibility index (Phi) is 7.05. The third-order valence-electron chi connectivity index (χ3n) is 4.05. The Hall–Kier alpha value is -4.08. The minimum Gasteiger partial charge on any atom is -0.493 e. The van der Waals surface area contributed by atoms with Gasteiger partial charge in [-0.1, -0.05) is 36.3 Å². The Morgan fingerprint density at radius 3 is 2.77 bits per heavy atom. The number of hydrazone groups is 1. The van der Waals surface area contributed by atoms with Crippen LogP contribution in [0, 0.1) is 23.7 Å². The molecule has 2 N–H and O–H groups in total. The molecule has 0 aliphatic carbocycles. The smallest absolute Gasteiger partial charge is 0.270 e. The fraction of sp³-hybridized carbons (Fsp3) is 0.0909. The highest BCUT2D eigenvalue weighted by atomic mass is 79.9. The largest absolute Gasteiger partial charge is 0.493 e. The van der Waals surface area contributed by atoms with Crippen LogP contribution in [0.4, 0.5) is 5.95 Å². The normalized spacial score (nSPS) is 10.3. The summed E-state index contributed by atoms with van der Waals surface area (Å²) in [6.45, 7) is 0.110. The summed E-state index contributed by atoms with van der Waals surface area (Å²) in [7, 11) is 1.52. The minimum atomic E-state index is -0.563. The summed E-state index contributed by atoms with van der Waals surface area (Å²) in [6, 6.07) is 14.3. The average Bonchev–Trinajstić information content (AvgIpc) is 2.79. The first kappa shape index (κ1) is 21.6. The zero-order valence-electron chi connectivity index (χ0n) is 16.3. The molecule has 154 valence electrons. The first-order valence-electron chi connectivity index (χ1n) is 8.90. The third kappa shape index (κ3) is 5.10. The number of H-pyrrole nitrogens is 1. The SMILES string of the molecule is C#CCOc1cc(Br)c(C=NNc2nc(-c3ccccc3)c(C#N)c(=O)[nH]2)cc1OC. The molecule has 0 fully saturated rings. The van der Waals surface area contributed by atoms with Gasteiger partial charge >= 0.3 is 0 Å². The van der Waals surface area contributed by atoms with E-state index in [1.54, 1.807) is 36.4 Å². The molecule has 9 heteroatoms. The molecule has 0 unspecified atom stereocenters. The second-order valence-electron chi connectivity index (χ2n) is 6.00. The maximum Gasteiger partial charge on any atom is 0.270 e. The van der Waals surface area contributed by atoms with E-state index in [4.69, 9.17) is 15.9 Å². The predicted octanol–water partition coefficient (Wildman–Crippen LogP) is 3.54. The Labute approximate surface area is 186 Å². The van der Waals surface area contributed by atoms with Crippen LogP contribution in [0.3, 0.4) is 0 Å². The molecular formula is C22H16BrN5O3. The van der Waals surface area contributed by atoms with E-state index in [2.05, 4.69) is 42.3 Å². The van der Waals surface area contributed by atoms with Gasteiger partial charge in [0.2, 0.25) is 5.95 Å². The lowest BCUT2D eigenvalue weighted by molar-refractivity contribution is 0.330. The molecule has 0 saturated carbocycles. The van der Waals surface area contributed by atoms with Crippen LogP contribution in [-0.2, 0) is 0 Å². The summed E-state index contributed by atoms with van der Waals surface area (Å²) < 4.78 is 11.5. The molecule has 0 aliphatic heterocycles. The summed E-state index contributed by atoms with van der Waals surface area (Å²) in [5, 5.41) is 13.5. The number of nitrogens with zero attached hydrogens (tertiary/aromatic N) is 3. The molecule has 3 aromatic rings. The van der Waals surface area contributed by atoms with Gasteiger partial charge in [-0.2, -0.15) is 10.4 Å². The molecule has 0 bridgehead atoms. The Balaban J connectivity index is 1.88. The molecule has 8 nitrogen and oxygen atoms in total. The number of nitrogens with one attached hydrogen (secondary N) is 2. The van der Waals surface area contributed by atoms with Crippen molar-refractivity contribution in [2.24, 2.45) is 5.10 Å². The van der Waals surface area contributed by atoms with Gasteiger partial charge in [-0.05, 0) is 28.1 Å². The number of hydrogen-bond acceptors (Lipinski definition) is 7. The van der Waals surface area contributed by atoms with Gasteiger partial charge < -0.3 is 9.47 Å². The van der Waals surface area contributed by atoms with Crippen LogP contribution in [0.15, 0.2) is 56.8 Å². The molecule has 0 saturated heterocycles. The first-order chi connectivity index (χ1) is 15.1. The molecule has 2 aromatic carbocycles. The predicted molar refractivity (Wildman–Crippen MR) is 121 cm³/mol. The van der Waals surface area contributed by atoms with E-state index in [0.717, 1.165) is 0 Å². The van der Waals surface area contributed by atoms with Crippen molar-refractivity contribution in [3.05, 3.63) is 68.4 Å². The molecule has 0 amide bonds. The third-order valence-corrected chi connectivity index (χ3v) is 4.73. The van der Waals surface area contributed by atoms with Crippen molar-refractivity contribution < 1.29 is 9.47 Å². The van der Waals surface area contributed by atoms with Crippen LogP contribution < -0.4 is 20.5 Å². The maximum atomic E-state index is 12.3. The number of benzene rings is 2. The number of terminal acetylenes is 1. The lowest BCUT2D eigenvalue weighted by atomic mass is 10.1. The van der Waals surface area contributed by atoms with E-state index in [1.807, 2.05) is 12.1 Å². The van der Waals surface area contributed by atoms with E-state index in [9.17, 15) is 10.1 Å². The average molecular weight is 478 g/mol. The number of rotatable bonds is 7. The molecule has 0 radical (unpaired) electrons. The van der Waals surface area contributed by atoms with Crippen molar-refractivity contribution in [1.29, 1.82) is 5.26 Å². The summed E-state index contributed by atoms with van der Waals surface area (Å²) in [4.78, 5) is 19.1. The number of aromatic amines is 1. The molecule has 1 aromatic heterocycles. The van der Waals surface area contributed by atoms with Gasteiger partial charge in [0.15, 0.2) is 11.5 Å². The van der Waals surface area contributed by atoms with Crippen LogP contribution in [0.1, 0.15) is 11.1 Å². The van der Waals surface area contributed by atoms with E-state index in [0.29, 0.717) is 27.1 Å². The van der Waals surface area contributed by atoms with Crippen molar-refractivity contribution in [2.45, 2.75) is 0 Å². The van der Waals surface area contributed by atoms with Crippen LogP contribution in [0.5, 0.6) is 11.5 Å². The lowest BCUT2D eigenvalue weighted by Gasteiger charge is -2.11. The fourth-order valence-electron chi connectivity index (χ4n) is 2.64. The van der Waals surface area contributed by atoms with Crippen molar-refractivity contribution in [3.8, 4) is 41.2 Å². The quantitative estimate of drug-likeness (QED) is 0.305. The molecule has 31 heavy (non-hydrogen) atoms. The van der Waals surface area contributed by atoms with E-state index >= 15 is 0 Å². The minimum absolute atomic E-state index is 0.0734. The zero-order chi connectivity index (χ0) is 22.2. The number of ether oxygens (including phenoxy) is 2. The van der Waals surface area contributed by atoms with Gasteiger partial charge in [0.25, 0.3) is 5.56 Å². The molecular weight excluding hydrogens is 462 g/mol. The Morgan fingerprint density at radius 1 is 1.32 bits per heavy atom. The number of methoxy groups -OCH3 is 1. The topological polar surface area (TPSA) is 112 Å². The highest BCUT2D eigenvalue weighted by Crippen LogP contribution is 2.32. The molecule has 0 aliphatic rings. The molecule has 3 rings (SSSR count). The summed E-state index contributed by atoms with van der Waals surface area (Å²) >= 11 is 3.45. The highest BCUT2D eigenvalue weighted by Gasteiger charge is 2.13. The van der Waals surface area contributed by atoms with Crippen LogP contribution >= 0.6 is 15.9 Å². The maximum absolute atomic E-state index is 12.3. The number of nitriles is 1. The fourth-order valence-corrected chi connectivity index (χ4v) is 3.06. The molecule has 0 atom stereocenters. The van der Waals surface area contributed by atoms with Gasteiger partial charge in [-0.25, -0.2) is 10.4 Å². The lowest BCUT2D eigenvalue weighted by Crippen LogP contribution is -2.16. The highest BCUT2D eigenvalue weighted by molar-refractivity contribution is 9.10. The van der Waals surface area contributed by atoms with Crippen molar-refractivity contribution in [1.82, 2.24) is 9.97 Å². The van der Waals surface area contributed by atoms with E-state index in [1.165, 1.54) is 13.3 Å². The second-order valence-corrected chi connectivity index (χ2v) is 6.86. The standard InChI is InChI=1S/C22H16BrN5O3/c1-3-9-31-19-11-17(23)15(10-18(19)30-2)13-25-28-22-26-20(14-7-5-4-6-8-14)16(12-24)21(29)27-22/h1,4-8,10-11,13H,9H2,2H3,(H2,26,27,28,29). The van der Waals surface area contributed by atoms with Gasteiger partial charge in [-0.3, -0.25) is 9.78 Å². The van der Waals surface area contributed by atoms with E-state index < -0.39 is 5.56 Å². The monoisotopic (exact) mass is 477 g/mol. The van der Waals surface area contributed by atoms with Crippen LogP contribution in [-0.4, -0.2) is 29.9 Å². The second kappa shape index (κ2) is 10.1.